The van der Waals surface area contributed by atoms with E-state index in [1.165, 1.54) is 5.56 Å². The second kappa shape index (κ2) is 8.82. The number of nitrogens with one attached hydrogen (secondary N) is 2. The van der Waals surface area contributed by atoms with Crippen LogP contribution in [0.25, 0.3) is 0 Å². The molecule has 0 aromatic heterocycles. The third kappa shape index (κ3) is 4.96. The van der Waals surface area contributed by atoms with Gasteiger partial charge in [0, 0.05) is 11.3 Å². The van der Waals surface area contributed by atoms with Crippen molar-refractivity contribution in [1.29, 1.82) is 0 Å². The van der Waals surface area contributed by atoms with Gasteiger partial charge in [0.2, 0.25) is 0 Å². The number of esters is 1. The lowest BCUT2D eigenvalue weighted by Crippen LogP contribution is -2.45. The Balaban J connectivity index is 1.91. The number of hydrogen-bond acceptors (Lipinski definition) is 4. The van der Waals surface area contributed by atoms with E-state index in [-0.39, 0.29) is 12.1 Å². The summed E-state index contributed by atoms with van der Waals surface area (Å²) in [6.45, 7) is 7.68. The summed E-state index contributed by atoms with van der Waals surface area (Å²) in [4.78, 5) is 24.8. The maximum Gasteiger partial charge on any atom is 0.338 e. The molecule has 0 bridgehead atoms. The summed E-state index contributed by atoms with van der Waals surface area (Å²) in [5.74, 6) is 0.131. The lowest BCUT2D eigenvalue weighted by atomic mass is 9.94. The third-order valence-corrected chi connectivity index (χ3v) is 4.58. The molecule has 6 heteroatoms. The van der Waals surface area contributed by atoms with E-state index in [4.69, 9.17) is 9.47 Å². The zero-order chi connectivity index (χ0) is 21.0. The van der Waals surface area contributed by atoms with Crippen LogP contribution < -0.4 is 15.4 Å². The van der Waals surface area contributed by atoms with Crippen LogP contribution >= 0.6 is 0 Å². The number of ether oxygens (including phenoxy) is 2. The molecule has 6 nitrogen and oxygen atoms in total. The van der Waals surface area contributed by atoms with Crippen molar-refractivity contribution in [2.75, 3.05) is 0 Å². The van der Waals surface area contributed by atoms with E-state index in [0.29, 0.717) is 29.2 Å². The first kappa shape index (κ1) is 20.5. The van der Waals surface area contributed by atoms with Gasteiger partial charge in [-0.2, -0.15) is 0 Å². The van der Waals surface area contributed by atoms with E-state index in [9.17, 15) is 9.59 Å². The molecule has 1 heterocycles. The van der Waals surface area contributed by atoms with Crippen molar-refractivity contribution in [2.45, 2.75) is 46.4 Å². The molecule has 152 valence electrons. The fraction of sp³-hybridized carbons (Fsp3) is 0.304. The van der Waals surface area contributed by atoms with Crippen LogP contribution in [0, 0.1) is 6.92 Å². The number of aryl methyl sites for hydroxylation is 1. The normalized spacial score (nSPS) is 16.3. The average molecular weight is 394 g/mol. The maximum atomic E-state index is 12.7. The van der Waals surface area contributed by atoms with Gasteiger partial charge in [-0.15, -0.1) is 0 Å². The quantitative estimate of drug-likeness (QED) is 0.722. The molecular formula is C23H26N2O4. The van der Waals surface area contributed by atoms with Crippen molar-refractivity contribution >= 4 is 12.0 Å². The summed E-state index contributed by atoms with van der Waals surface area (Å²) in [5, 5.41) is 5.48. The number of allylic oxidation sites excluding steroid dienone is 1. The van der Waals surface area contributed by atoms with Crippen molar-refractivity contribution in [2.24, 2.45) is 0 Å². The van der Waals surface area contributed by atoms with Gasteiger partial charge in [-0.3, -0.25) is 0 Å². The largest absolute Gasteiger partial charge is 0.489 e. The van der Waals surface area contributed by atoms with Gasteiger partial charge in [-0.25, -0.2) is 9.59 Å². The monoisotopic (exact) mass is 394 g/mol. The first-order valence-corrected chi connectivity index (χ1v) is 9.61. The van der Waals surface area contributed by atoms with Crippen molar-refractivity contribution in [3.05, 3.63) is 76.5 Å². The number of para-hydroxylation sites is 1. The Morgan fingerprint density at radius 1 is 1.07 bits per heavy atom. The number of amides is 2. The summed E-state index contributed by atoms with van der Waals surface area (Å²) in [6, 6.07) is 14.4. The molecule has 29 heavy (non-hydrogen) atoms. The smallest absolute Gasteiger partial charge is 0.338 e. The van der Waals surface area contributed by atoms with Crippen LogP contribution in [0.4, 0.5) is 4.79 Å². The van der Waals surface area contributed by atoms with E-state index in [1.54, 1.807) is 20.8 Å². The minimum absolute atomic E-state index is 0.269. The van der Waals surface area contributed by atoms with Gasteiger partial charge in [0.15, 0.2) is 0 Å². The van der Waals surface area contributed by atoms with E-state index >= 15 is 0 Å². The molecule has 2 N–H and O–H groups in total. The lowest BCUT2D eigenvalue weighted by molar-refractivity contribution is -0.143. The Labute approximate surface area is 170 Å². The van der Waals surface area contributed by atoms with E-state index in [0.717, 1.165) is 5.56 Å². The van der Waals surface area contributed by atoms with Crippen LogP contribution in [0.1, 0.15) is 43.5 Å². The fourth-order valence-corrected chi connectivity index (χ4v) is 3.17. The van der Waals surface area contributed by atoms with Gasteiger partial charge in [0.1, 0.15) is 12.4 Å². The summed E-state index contributed by atoms with van der Waals surface area (Å²) >= 11 is 0. The molecule has 0 aliphatic carbocycles. The number of urea groups is 1. The average Bonchev–Trinajstić information content (AvgIpc) is 2.66. The molecule has 0 spiro atoms. The van der Waals surface area contributed by atoms with Gasteiger partial charge in [-0.05, 0) is 39.3 Å². The Bertz CT molecular complexity index is 932. The Morgan fingerprint density at radius 2 is 1.76 bits per heavy atom. The predicted octanol–water partition coefficient (Wildman–Crippen LogP) is 4.15. The minimum atomic E-state index is -0.663. The van der Waals surface area contributed by atoms with E-state index < -0.39 is 12.0 Å². The van der Waals surface area contributed by atoms with E-state index in [1.807, 2.05) is 55.5 Å². The maximum absolute atomic E-state index is 12.7. The summed E-state index contributed by atoms with van der Waals surface area (Å²) in [7, 11) is 0. The highest BCUT2D eigenvalue weighted by atomic mass is 16.5. The number of rotatable bonds is 6. The minimum Gasteiger partial charge on any atom is -0.489 e. The first-order chi connectivity index (χ1) is 13.8. The van der Waals surface area contributed by atoms with Crippen LogP contribution in [-0.4, -0.2) is 18.1 Å². The third-order valence-electron chi connectivity index (χ3n) is 4.58. The highest BCUT2D eigenvalue weighted by molar-refractivity contribution is 5.95. The second-order valence-electron chi connectivity index (χ2n) is 7.34. The van der Waals surface area contributed by atoms with Crippen molar-refractivity contribution < 1.29 is 19.1 Å². The van der Waals surface area contributed by atoms with Crippen molar-refractivity contribution in [3.8, 4) is 5.75 Å². The number of carbonyl (C=O) groups excluding carboxylic acids is 2. The molecular weight excluding hydrogens is 368 g/mol. The first-order valence-electron chi connectivity index (χ1n) is 9.61. The van der Waals surface area contributed by atoms with Crippen LogP contribution in [0.2, 0.25) is 0 Å². The predicted molar refractivity (Wildman–Crippen MR) is 110 cm³/mol. The molecule has 3 rings (SSSR count). The molecule has 1 aliphatic heterocycles. The van der Waals surface area contributed by atoms with Crippen LogP contribution in [0.3, 0.4) is 0 Å². The van der Waals surface area contributed by atoms with Crippen LogP contribution in [0.5, 0.6) is 5.75 Å². The summed E-state index contributed by atoms with van der Waals surface area (Å²) in [6.07, 6.45) is -0.269. The molecule has 1 unspecified atom stereocenters. The SMILES string of the molecule is CC1=C(C(=O)OC(C)C)C(c2ccccc2OCc2ccc(C)cc2)NC(=O)N1. The molecule has 2 aromatic rings. The van der Waals surface area contributed by atoms with Gasteiger partial charge < -0.3 is 20.1 Å². The molecule has 0 saturated carbocycles. The van der Waals surface area contributed by atoms with Gasteiger partial charge in [0.25, 0.3) is 0 Å². The molecule has 1 atom stereocenters. The Hall–Kier alpha value is -3.28. The molecule has 2 aromatic carbocycles. The molecule has 0 radical (unpaired) electrons. The highest BCUT2D eigenvalue weighted by Crippen LogP contribution is 2.34. The summed E-state index contributed by atoms with van der Waals surface area (Å²) < 4.78 is 11.4. The van der Waals surface area contributed by atoms with Crippen LogP contribution in [-0.2, 0) is 16.1 Å². The second-order valence-corrected chi connectivity index (χ2v) is 7.34. The Morgan fingerprint density at radius 3 is 2.45 bits per heavy atom. The van der Waals surface area contributed by atoms with Crippen LogP contribution in [0.15, 0.2) is 59.8 Å². The standard InChI is InChI=1S/C23H26N2O4/c1-14(2)29-22(26)20-16(4)24-23(27)25-21(20)18-7-5-6-8-19(18)28-13-17-11-9-15(3)10-12-17/h5-12,14,21H,13H2,1-4H3,(H2,24,25,27). The molecule has 0 saturated heterocycles. The highest BCUT2D eigenvalue weighted by Gasteiger charge is 2.34. The summed E-state index contributed by atoms with van der Waals surface area (Å²) in [5.41, 5.74) is 3.75. The van der Waals surface area contributed by atoms with Gasteiger partial charge >= 0.3 is 12.0 Å². The number of carbonyl (C=O) groups is 2. The van der Waals surface area contributed by atoms with Crippen molar-refractivity contribution in [3.63, 3.8) is 0 Å². The van der Waals surface area contributed by atoms with Gasteiger partial charge in [-0.1, -0.05) is 48.0 Å². The zero-order valence-electron chi connectivity index (χ0n) is 17.1. The molecule has 0 fully saturated rings. The lowest BCUT2D eigenvalue weighted by Gasteiger charge is -2.29. The van der Waals surface area contributed by atoms with E-state index in [2.05, 4.69) is 10.6 Å². The molecule has 2 amide bonds. The van der Waals surface area contributed by atoms with Crippen molar-refractivity contribution in [1.82, 2.24) is 10.6 Å². The molecule has 1 aliphatic rings. The number of benzene rings is 2. The Kier molecular flexibility index (Phi) is 6.22. The number of hydrogen-bond donors (Lipinski definition) is 2. The topological polar surface area (TPSA) is 76.7 Å². The zero-order valence-corrected chi connectivity index (χ0v) is 17.1. The van der Waals surface area contributed by atoms with Gasteiger partial charge in [0.05, 0.1) is 17.7 Å². The fourth-order valence-electron chi connectivity index (χ4n) is 3.17.